The largest absolute Gasteiger partial charge is 0.455 e. The van der Waals surface area contributed by atoms with Gasteiger partial charge in [-0.2, -0.15) is 0 Å². The number of allylic oxidation sites excluding steroid dienone is 5. The van der Waals surface area contributed by atoms with Crippen LogP contribution in [0.4, 0.5) is 0 Å². The molecule has 0 spiro atoms. The molecule has 1 saturated heterocycles. The van der Waals surface area contributed by atoms with Gasteiger partial charge in [-0.3, -0.25) is 9.59 Å². The second kappa shape index (κ2) is 9.75. The van der Waals surface area contributed by atoms with Gasteiger partial charge in [-0.05, 0) is 57.9 Å². The zero-order valence-electron chi connectivity index (χ0n) is 18.9. The average molecular weight is 405 g/mol. The molecule has 2 rings (SSSR count). The van der Waals surface area contributed by atoms with E-state index < -0.39 is 29.7 Å². The molecule has 0 N–H and O–H groups in total. The van der Waals surface area contributed by atoms with E-state index in [0.717, 1.165) is 31.3 Å². The highest BCUT2D eigenvalue weighted by Gasteiger charge is 2.62. The fourth-order valence-corrected chi connectivity index (χ4v) is 3.95. The van der Waals surface area contributed by atoms with Gasteiger partial charge >= 0.3 is 11.9 Å². The topological polar surface area (TPSA) is 65.1 Å². The first kappa shape index (κ1) is 23.4. The molecule has 1 aliphatic heterocycles. The Balaban J connectivity index is 2.53. The zero-order chi connectivity index (χ0) is 21.8. The lowest BCUT2D eigenvalue weighted by Crippen LogP contribution is -2.47. The van der Waals surface area contributed by atoms with Gasteiger partial charge in [0.05, 0.1) is 6.10 Å². The second-order valence-corrected chi connectivity index (χ2v) is 8.81. The van der Waals surface area contributed by atoms with Crippen molar-refractivity contribution in [3.8, 4) is 0 Å². The Hall–Kier alpha value is -1.88. The summed E-state index contributed by atoms with van der Waals surface area (Å²) in [6.07, 6.45) is 8.74. The molecule has 4 atom stereocenters. The highest BCUT2D eigenvalue weighted by atomic mass is 16.7. The zero-order valence-corrected chi connectivity index (χ0v) is 18.9. The number of carbonyl (C=O) groups excluding carboxylic acids is 2. The van der Waals surface area contributed by atoms with Crippen LogP contribution >= 0.6 is 0 Å². The number of hydrogen-bond acceptors (Lipinski definition) is 5. The molecule has 0 bridgehead atoms. The third kappa shape index (κ3) is 6.30. The Morgan fingerprint density at radius 1 is 1.07 bits per heavy atom. The van der Waals surface area contributed by atoms with Crippen molar-refractivity contribution in [1.82, 2.24) is 0 Å². The van der Waals surface area contributed by atoms with Gasteiger partial charge in [0.1, 0.15) is 5.60 Å². The predicted molar refractivity (Wildman–Crippen MR) is 113 cm³/mol. The Morgan fingerprint density at radius 3 is 2.31 bits per heavy atom. The smallest absolute Gasteiger partial charge is 0.303 e. The van der Waals surface area contributed by atoms with Gasteiger partial charge in [0.15, 0.2) is 12.2 Å². The van der Waals surface area contributed by atoms with E-state index in [2.05, 4.69) is 39.8 Å². The molecule has 0 aromatic heterocycles. The molecule has 1 fully saturated rings. The number of epoxide rings is 1. The Kier molecular flexibility index (Phi) is 7.87. The van der Waals surface area contributed by atoms with Crippen LogP contribution in [0.25, 0.3) is 0 Å². The Labute approximate surface area is 175 Å². The molecule has 1 heterocycles. The SMILES string of the molecule is CC(=O)O[C@@H]1C(C(C)C)=CC=C(C)CC/C=C(\C)CC[C@@H]2O[C@@]2(C)[C@H]1OC(C)=O. The van der Waals surface area contributed by atoms with Crippen LogP contribution in [-0.2, 0) is 23.8 Å². The summed E-state index contributed by atoms with van der Waals surface area (Å²) in [5.74, 6) is -0.702. The molecule has 0 unspecified atom stereocenters. The van der Waals surface area contributed by atoms with Gasteiger partial charge in [-0.25, -0.2) is 0 Å². The third-order valence-corrected chi connectivity index (χ3v) is 5.79. The van der Waals surface area contributed by atoms with Crippen LogP contribution in [0.15, 0.2) is 34.9 Å². The summed E-state index contributed by atoms with van der Waals surface area (Å²) >= 11 is 0. The lowest BCUT2D eigenvalue weighted by molar-refractivity contribution is -0.167. The normalized spacial score (nSPS) is 32.7. The van der Waals surface area contributed by atoms with Gasteiger partial charge in [0, 0.05) is 13.8 Å². The predicted octanol–water partition coefficient (Wildman–Crippen LogP) is 5.06. The first-order chi connectivity index (χ1) is 13.5. The van der Waals surface area contributed by atoms with E-state index in [0.29, 0.717) is 0 Å². The molecule has 0 radical (unpaired) electrons. The number of hydrogen-bond donors (Lipinski definition) is 0. The van der Waals surface area contributed by atoms with Gasteiger partial charge in [0.2, 0.25) is 0 Å². The maximum absolute atomic E-state index is 12.0. The number of ether oxygens (including phenoxy) is 3. The van der Waals surface area contributed by atoms with E-state index in [9.17, 15) is 9.59 Å². The standard InChI is InChI=1S/C24H36O5/c1-15(2)20-13-11-16(3)9-8-10-17(4)12-14-21-24(7,29-21)23(28-19(6)26)22(20)27-18(5)25/h10-11,13,15,21-23H,8-9,12,14H2,1-7H3/b16-11?,17-10+,20-13?/t21-,22+,23-,24+/m0/s1. The molecular weight excluding hydrogens is 368 g/mol. The van der Waals surface area contributed by atoms with E-state index in [-0.39, 0.29) is 12.0 Å². The van der Waals surface area contributed by atoms with E-state index in [1.807, 2.05) is 13.0 Å². The molecule has 2 aliphatic rings. The average Bonchev–Trinajstić information content (AvgIpc) is 3.27. The van der Waals surface area contributed by atoms with Crippen LogP contribution in [0, 0.1) is 5.92 Å². The molecule has 162 valence electrons. The molecule has 1 aliphatic carbocycles. The van der Waals surface area contributed by atoms with Crippen molar-refractivity contribution in [3.05, 3.63) is 34.9 Å². The summed E-state index contributed by atoms with van der Waals surface area (Å²) in [5, 5.41) is 0. The second-order valence-electron chi connectivity index (χ2n) is 8.81. The van der Waals surface area contributed by atoms with Crippen molar-refractivity contribution in [3.63, 3.8) is 0 Å². The van der Waals surface area contributed by atoms with Crippen molar-refractivity contribution < 1.29 is 23.8 Å². The summed E-state index contributed by atoms with van der Waals surface area (Å²) < 4.78 is 17.6. The third-order valence-electron chi connectivity index (χ3n) is 5.79. The minimum Gasteiger partial charge on any atom is -0.455 e. The summed E-state index contributed by atoms with van der Waals surface area (Å²) in [6, 6.07) is 0. The minimum absolute atomic E-state index is 0.0399. The maximum atomic E-state index is 12.0. The molecule has 0 amide bonds. The van der Waals surface area contributed by atoms with Crippen molar-refractivity contribution in [2.45, 2.75) is 98.1 Å². The molecule has 0 saturated carbocycles. The number of rotatable bonds is 3. The number of fused-ring (bicyclic) bond motifs is 1. The van der Waals surface area contributed by atoms with Gasteiger partial charge < -0.3 is 14.2 Å². The molecule has 0 aromatic carbocycles. The number of carbonyl (C=O) groups is 2. The van der Waals surface area contributed by atoms with Crippen LogP contribution < -0.4 is 0 Å². The summed E-state index contributed by atoms with van der Waals surface area (Å²) in [4.78, 5) is 23.9. The number of esters is 2. The lowest BCUT2D eigenvalue weighted by atomic mass is 9.85. The van der Waals surface area contributed by atoms with E-state index >= 15 is 0 Å². The maximum Gasteiger partial charge on any atom is 0.303 e. The molecule has 0 aromatic rings. The summed E-state index contributed by atoms with van der Waals surface area (Å²) in [6.45, 7) is 13.1. The van der Waals surface area contributed by atoms with Gasteiger partial charge in [0.25, 0.3) is 0 Å². The monoisotopic (exact) mass is 404 g/mol. The van der Waals surface area contributed by atoms with Crippen LogP contribution in [0.5, 0.6) is 0 Å². The van der Waals surface area contributed by atoms with Crippen molar-refractivity contribution in [1.29, 1.82) is 0 Å². The molecule has 29 heavy (non-hydrogen) atoms. The molecular formula is C24H36O5. The Morgan fingerprint density at radius 2 is 1.72 bits per heavy atom. The van der Waals surface area contributed by atoms with Crippen molar-refractivity contribution >= 4 is 11.9 Å². The fraction of sp³-hybridized carbons (Fsp3) is 0.667. The van der Waals surface area contributed by atoms with Crippen molar-refractivity contribution in [2.24, 2.45) is 5.92 Å². The van der Waals surface area contributed by atoms with E-state index in [1.54, 1.807) is 0 Å². The van der Waals surface area contributed by atoms with E-state index in [4.69, 9.17) is 14.2 Å². The summed E-state index contributed by atoms with van der Waals surface area (Å²) in [7, 11) is 0. The van der Waals surface area contributed by atoms with Crippen LogP contribution in [0.2, 0.25) is 0 Å². The van der Waals surface area contributed by atoms with Crippen LogP contribution in [0.3, 0.4) is 0 Å². The van der Waals surface area contributed by atoms with Crippen LogP contribution in [-0.4, -0.2) is 35.9 Å². The van der Waals surface area contributed by atoms with Crippen LogP contribution in [0.1, 0.15) is 74.1 Å². The molecule has 5 heteroatoms. The fourth-order valence-electron chi connectivity index (χ4n) is 3.95. The quantitative estimate of drug-likeness (QED) is 0.374. The van der Waals surface area contributed by atoms with Gasteiger partial charge in [-0.15, -0.1) is 0 Å². The van der Waals surface area contributed by atoms with Crippen molar-refractivity contribution in [2.75, 3.05) is 0 Å². The Bertz CT molecular complexity index is 715. The summed E-state index contributed by atoms with van der Waals surface area (Å²) in [5.41, 5.74) is 2.83. The van der Waals surface area contributed by atoms with E-state index in [1.165, 1.54) is 25.0 Å². The highest BCUT2D eigenvalue weighted by molar-refractivity contribution is 5.68. The molecule has 5 nitrogen and oxygen atoms in total. The first-order valence-corrected chi connectivity index (χ1v) is 10.6. The lowest BCUT2D eigenvalue weighted by Gasteiger charge is -2.32. The van der Waals surface area contributed by atoms with Gasteiger partial charge in [-0.1, -0.05) is 43.2 Å². The highest BCUT2D eigenvalue weighted by Crippen LogP contribution is 2.47. The minimum atomic E-state index is -0.691. The first-order valence-electron chi connectivity index (χ1n) is 10.6.